The molecule has 2 heteroatoms. The van der Waals surface area contributed by atoms with Crippen LogP contribution in [0.15, 0.2) is 121 Å². The second kappa shape index (κ2) is 8.62. The van der Waals surface area contributed by atoms with Gasteiger partial charge in [-0.05, 0) is 28.4 Å². The van der Waals surface area contributed by atoms with Crippen molar-refractivity contribution in [3.05, 3.63) is 144 Å². The summed E-state index contributed by atoms with van der Waals surface area (Å²) in [6, 6.07) is 43.6. The highest BCUT2D eigenvalue weighted by Crippen LogP contribution is 2.57. The highest BCUT2D eigenvalue weighted by atomic mass is 31.0. The molecule has 4 aromatic rings. The Bertz CT molecular complexity index is 950. The number of hydrogen-bond acceptors (Lipinski definition) is 0. The lowest BCUT2D eigenvalue weighted by Crippen LogP contribution is -2.48. The van der Waals surface area contributed by atoms with E-state index >= 15 is 0 Å². The van der Waals surface area contributed by atoms with Crippen LogP contribution < -0.4 is 0 Å². The lowest BCUT2D eigenvalue weighted by Gasteiger charge is -2.50. The minimum atomic E-state index is -0.347. The fraction of sp³-hybridized carbons (Fsp3) is 0.111. The third-order valence-electron chi connectivity index (χ3n) is 5.97. The fourth-order valence-electron chi connectivity index (χ4n) is 4.53. The van der Waals surface area contributed by atoms with E-state index in [0.717, 1.165) is 6.16 Å². The first-order valence-corrected chi connectivity index (χ1v) is 11.3. The number of benzene rings is 4. The number of rotatable bonds is 6. The lowest BCUT2D eigenvalue weighted by atomic mass is 9.61. The van der Waals surface area contributed by atoms with Crippen LogP contribution in [0.1, 0.15) is 22.3 Å². The summed E-state index contributed by atoms with van der Waals surface area (Å²) in [6.45, 7) is 0. The Hall–Kier alpha value is -2.26. The molecule has 0 amide bonds. The van der Waals surface area contributed by atoms with Crippen molar-refractivity contribution in [1.82, 2.24) is 0 Å². The number of hydrogen-bond donors (Lipinski definition) is 0. The van der Waals surface area contributed by atoms with Crippen molar-refractivity contribution in [3.8, 4) is 0 Å². The Morgan fingerprint density at radius 3 is 1.00 bits per heavy atom. The molecule has 2 atom stereocenters. The van der Waals surface area contributed by atoms with Crippen LogP contribution in [0, 0.1) is 0 Å². The normalized spacial score (nSPS) is 11.9. The Balaban J connectivity index is 2.13. The minimum absolute atomic E-state index is 0.284. The summed E-state index contributed by atoms with van der Waals surface area (Å²) < 4.78 is 0. The maximum atomic E-state index is 3.27. The lowest BCUT2D eigenvalue weighted by molar-refractivity contribution is 0.465. The first kappa shape index (κ1) is 20.0. The van der Waals surface area contributed by atoms with Gasteiger partial charge in [-0.1, -0.05) is 121 Å². The van der Waals surface area contributed by atoms with Crippen molar-refractivity contribution >= 4 is 18.5 Å². The summed E-state index contributed by atoms with van der Waals surface area (Å²) >= 11 is 0. The maximum Gasteiger partial charge on any atom is 0.0483 e. The highest BCUT2D eigenvalue weighted by Gasteiger charge is 2.51. The molecule has 0 aliphatic carbocycles. The molecule has 0 aliphatic heterocycles. The Morgan fingerprint density at radius 1 is 0.448 bits per heavy atom. The van der Waals surface area contributed by atoms with E-state index in [-0.39, 0.29) is 10.6 Å². The summed E-state index contributed by atoms with van der Waals surface area (Å²) in [5.74, 6) is 0. The highest BCUT2D eigenvalue weighted by molar-refractivity contribution is 7.20. The second-order valence-corrected chi connectivity index (χ2v) is 8.66. The summed E-state index contributed by atoms with van der Waals surface area (Å²) in [5.41, 5.74) is 4.90. The zero-order valence-electron chi connectivity index (χ0n) is 16.4. The van der Waals surface area contributed by atoms with Crippen LogP contribution in [-0.4, -0.2) is 6.16 Å². The van der Waals surface area contributed by atoms with Gasteiger partial charge in [-0.15, -0.1) is 18.5 Å². The van der Waals surface area contributed by atoms with Gasteiger partial charge in [0.05, 0.1) is 0 Å². The first-order valence-electron chi connectivity index (χ1n) is 9.94. The third kappa shape index (κ3) is 3.36. The Labute approximate surface area is 178 Å². The molecule has 4 aromatic carbocycles. The molecular weight excluding hydrogens is 386 g/mol. The molecule has 0 saturated heterocycles. The van der Waals surface area contributed by atoms with Crippen LogP contribution >= 0.6 is 18.5 Å². The Kier molecular flexibility index (Phi) is 5.96. The molecule has 0 bridgehead atoms. The smallest absolute Gasteiger partial charge is 0.0483 e. The van der Waals surface area contributed by atoms with Gasteiger partial charge >= 0.3 is 0 Å². The van der Waals surface area contributed by atoms with Crippen LogP contribution in [0.5, 0.6) is 0 Å². The van der Waals surface area contributed by atoms with Gasteiger partial charge in [0.1, 0.15) is 0 Å². The second-order valence-electron chi connectivity index (χ2n) is 7.38. The minimum Gasteiger partial charge on any atom is -0.136 e. The van der Waals surface area contributed by atoms with Gasteiger partial charge in [0, 0.05) is 10.6 Å². The van der Waals surface area contributed by atoms with E-state index in [0.29, 0.717) is 0 Å². The molecule has 0 N–H and O–H groups in total. The molecule has 29 heavy (non-hydrogen) atoms. The van der Waals surface area contributed by atoms with Gasteiger partial charge in [-0.25, -0.2) is 0 Å². The van der Waals surface area contributed by atoms with Gasteiger partial charge in [-0.2, -0.15) is 0 Å². The fourth-order valence-corrected chi connectivity index (χ4v) is 6.39. The molecular formula is C27H26P2. The van der Waals surface area contributed by atoms with E-state index in [1.165, 1.54) is 22.3 Å². The van der Waals surface area contributed by atoms with Crippen LogP contribution in [-0.2, 0) is 10.6 Å². The van der Waals surface area contributed by atoms with Gasteiger partial charge in [0.25, 0.3) is 0 Å². The van der Waals surface area contributed by atoms with E-state index in [1.54, 1.807) is 0 Å². The SMILES string of the molecule is PCC(c1ccccc1)(c1ccccc1)C(P)(c1ccccc1)c1ccccc1. The van der Waals surface area contributed by atoms with Crippen LogP contribution in [0.2, 0.25) is 0 Å². The monoisotopic (exact) mass is 412 g/mol. The van der Waals surface area contributed by atoms with Crippen LogP contribution in [0.25, 0.3) is 0 Å². The third-order valence-corrected chi connectivity index (χ3v) is 7.74. The molecule has 4 rings (SSSR count). The molecule has 0 aromatic heterocycles. The molecule has 0 radical (unpaired) electrons. The van der Waals surface area contributed by atoms with E-state index in [9.17, 15) is 0 Å². The van der Waals surface area contributed by atoms with Gasteiger partial charge in [0.15, 0.2) is 0 Å². The van der Waals surface area contributed by atoms with Crippen molar-refractivity contribution in [3.63, 3.8) is 0 Å². The van der Waals surface area contributed by atoms with Crippen LogP contribution in [0.3, 0.4) is 0 Å². The van der Waals surface area contributed by atoms with E-state index in [1.807, 2.05) is 0 Å². The molecule has 0 aliphatic rings. The van der Waals surface area contributed by atoms with Crippen molar-refractivity contribution in [2.75, 3.05) is 6.16 Å². The van der Waals surface area contributed by atoms with E-state index in [4.69, 9.17) is 0 Å². The molecule has 144 valence electrons. The Morgan fingerprint density at radius 2 is 0.724 bits per heavy atom. The maximum absolute atomic E-state index is 3.27. The van der Waals surface area contributed by atoms with Crippen molar-refractivity contribution < 1.29 is 0 Å². The van der Waals surface area contributed by atoms with Crippen LogP contribution in [0.4, 0.5) is 0 Å². The topological polar surface area (TPSA) is 0 Å². The largest absolute Gasteiger partial charge is 0.136 e. The van der Waals surface area contributed by atoms with Gasteiger partial charge < -0.3 is 0 Å². The molecule has 0 saturated carbocycles. The van der Waals surface area contributed by atoms with Crippen molar-refractivity contribution in [2.24, 2.45) is 0 Å². The van der Waals surface area contributed by atoms with E-state index < -0.39 is 0 Å². The predicted octanol–water partition coefficient (Wildman–Crippen LogP) is 6.67. The molecule has 0 heterocycles. The summed E-state index contributed by atoms with van der Waals surface area (Å²) in [5, 5.41) is -0.347. The van der Waals surface area contributed by atoms with Crippen molar-refractivity contribution in [1.29, 1.82) is 0 Å². The average Bonchev–Trinajstić information content (AvgIpc) is 2.82. The van der Waals surface area contributed by atoms with Crippen molar-refractivity contribution in [2.45, 2.75) is 10.6 Å². The standard InChI is InChI=1S/C27H26P2/c28-21-26(22-13-5-1-6-14-22,23-15-7-2-8-16-23)27(29,24-17-9-3-10-18-24)25-19-11-4-12-20-25/h1-20H,21,28-29H2. The molecule has 2 unspecified atom stereocenters. The zero-order valence-corrected chi connectivity index (χ0v) is 18.7. The zero-order chi connectivity index (χ0) is 20.2. The molecule has 0 fully saturated rings. The summed E-state index contributed by atoms with van der Waals surface area (Å²) in [6.07, 6.45) is 0.883. The molecule has 0 nitrogen and oxygen atoms in total. The summed E-state index contributed by atoms with van der Waals surface area (Å²) in [7, 11) is 6.31. The quantitative estimate of drug-likeness (QED) is 0.310. The van der Waals surface area contributed by atoms with Gasteiger partial charge in [-0.3, -0.25) is 0 Å². The predicted molar refractivity (Wildman–Crippen MR) is 132 cm³/mol. The molecule has 0 spiro atoms. The summed E-state index contributed by atoms with van der Waals surface area (Å²) in [4.78, 5) is 0. The van der Waals surface area contributed by atoms with E-state index in [2.05, 4.69) is 140 Å². The first-order chi connectivity index (χ1) is 14.2. The van der Waals surface area contributed by atoms with Gasteiger partial charge in [0.2, 0.25) is 0 Å². The average molecular weight is 412 g/mol.